The van der Waals surface area contributed by atoms with E-state index in [1.54, 1.807) is 48.5 Å². The molecule has 0 spiro atoms. The van der Waals surface area contributed by atoms with Crippen LogP contribution in [-0.2, 0) is 15.3 Å². The number of nitrogens with one attached hydrogen (secondary N) is 1. The van der Waals surface area contributed by atoms with Crippen LogP contribution >= 0.6 is 11.8 Å². The molecule has 0 saturated carbocycles. The lowest BCUT2D eigenvalue weighted by Gasteiger charge is -2.09. The van der Waals surface area contributed by atoms with Gasteiger partial charge in [0.05, 0.1) is 12.9 Å². The third-order valence-electron chi connectivity index (χ3n) is 3.71. The number of thioether (sulfide) groups is 1. The van der Waals surface area contributed by atoms with E-state index >= 15 is 0 Å². The highest BCUT2D eigenvalue weighted by molar-refractivity contribution is 7.99. The fourth-order valence-electron chi connectivity index (χ4n) is 2.44. The number of carbonyl (C=O) groups is 3. The molecular formula is C21H21NO5S. The number of aliphatic carboxylic acids is 1. The standard InChI is InChI=1S/C21H21NO5S/c1-14(23)22-18-7-3-15(4-8-18)5-9-19(24)16-6-10-20(27-2)17(11-16)12-28-13-21(25)26/h3-11H,12-13H2,1-2H3,(H,22,23)(H,25,26)/b9-5+. The van der Waals surface area contributed by atoms with Crippen LogP contribution in [0.4, 0.5) is 5.69 Å². The quantitative estimate of drug-likeness (QED) is 0.491. The van der Waals surface area contributed by atoms with Gasteiger partial charge in [0.2, 0.25) is 5.91 Å². The van der Waals surface area contributed by atoms with E-state index in [0.29, 0.717) is 22.8 Å². The van der Waals surface area contributed by atoms with E-state index in [1.807, 2.05) is 0 Å². The number of carboxylic acids is 1. The minimum Gasteiger partial charge on any atom is -0.496 e. The number of rotatable bonds is 9. The summed E-state index contributed by atoms with van der Waals surface area (Å²) in [4.78, 5) is 34.2. The molecule has 0 radical (unpaired) electrons. The maximum Gasteiger partial charge on any atom is 0.313 e. The molecule has 0 aliphatic heterocycles. The molecule has 7 heteroatoms. The SMILES string of the molecule is COc1ccc(C(=O)/C=C/c2ccc(NC(C)=O)cc2)cc1CSCC(=O)O. The van der Waals surface area contributed by atoms with Crippen molar-refractivity contribution >= 4 is 41.2 Å². The molecule has 0 fully saturated rings. The van der Waals surface area contributed by atoms with E-state index in [0.717, 1.165) is 11.1 Å². The lowest BCUT2D eigenvalue weighted by atomic mass is 10.1. The van der Waals surface area contributed by atoms with Gasteiger partial charge in [-0.05, 0) is 42.0 Å². The predicted molar refractivity (Wildman–Crippen MR) is 111 cm³/mol. The van der Waals surface area contributed by atoms with Crippen LogP contribution in [0.3, 0.4) is 0 Å². The van der Waals surface area contributed by atoms with Gasteiger partial charge < -0.3 is 15.2 Å². The van der Waals surface area contributed by atoms with Crippen molar-refractivity contribution in [2.24, 2.45) is 0 Å². The van der Waals surface area contributed by atoms with Gasteiger partial charge in [0.25, 0.3) is 0 Å². The first-order chi connectivity index (χ1) is 13.4. The van der Waals surface area contributed by atoms with Crippen LogP contribution in [0.5, 0.6) is 5.75 Å². The first-order valence-corrected chi connectivity index (χ1v) is 9.61. The Kier molecular flexibility index (Phi) is 7.83. The molecule has 0 aliphatic carbocycles. The first kappa shape index (κ1) is 21.2. The second kappa shape index (κ2) is 10.3. The molecule has 0 aliphatic rings. The average Bonchev–Trinajstić information content (AvgIpc) is 2.66. The number of amides is 1. The van der Waals surface area contributed by atoms with E-state index in [9.17, 15) is 14.4 Å². The van der Waals surface area contributed by atoms with Gasteiger partial charge in [-0.25, -0.2) is 0 Å². The molecule has 1 amide bonds. The van der Waals surface area contributed by atoms with Gasteiger partial charge in [0.15, 0.2) is 5.78 Å². The zero-order valence-electron chi connectivity index (χ0n) is 15.6. The highest BCUT2D eigenvalue weighted by Gasteiger charge is 2.09. The Hall–Kier alpha value is -3.06. The van der Waals surface area contributed by atoms with Gasteiger partial charge in [-0.1, -0.05) is 18.2 Å². The molecular weight excluding hydrogens is 378 g/mol. The summed E-state index contributed by atoms with van der Waals surface area (Å²) >= 11 is 1.24. The monoisotopic (exact) mass is 399 g/mol. The zero-order valence-corrected chi connectivity index (χ0v) is 16.4. The van der Waals surface area contributed by atoms with Gasteiger partial charge in [0.1, 0.15) is 5.75 Å². The molecule has 6 nitrogen and oxygen atoms in total. The van der Waals surface area contributed by atoms with Gasteiger partial charge in [-0.2, -0.15) is 0 Å². The molecule has 2 aromatic carbocycles. The maximum absolute atomic E-state index is 12.5. The molecule has 0 saturated heterocycles. The molecule has 28 heavy (non-hydrogen) atoms. The Bertz CT molecular complexity index is 890. The Balaban J connectivity index is 2.09. The van der Waals surface area contributed by atoms with E-state index in [2.05, 4.69) is 5.32 Å². The fourth-order valence-corrected chi connectivity index (χ4v) is 3.16. The molecule has 0 bridgehead atoms. The fraction of sp³-hybridized carbons (Fsp3) is 0.190. The number of anilines is 1. The first-order valence-electron chi connectivity index (χ1n) is 8.45. The Morgan fingerprint density at radius 2 is 1.86 bits per heavy atom. The van der Waals surface area contributed by atoms with Crippen LogP contribution in [-0.4, -0.2) is 35.6 Å². The zero-order chi connectivity index (χ0) is 20.5. The summed E-state index contributed by atoms with van der Waals surface area (Å²) < 4.78 is 5.29. The van der Waals surface area contributed by atoms with Crippen molar-refractivity contribution in [1.82, 2.24) is 0 Å². The number of allylic oxidation sites excluding steroid dienone is 1. The summed E-state index contributed by atoms with van der Waals surface area (Å²) in [5, 5.41) is 11.4. The number of hydrogen-bond donors (Lipinski definition) is 2. The molecule has 0 aromatic heterocycles. The van der Waals surface area contributed by atoms with Crippen molar-refractivity contribution in [3.63, 3.8) is 0 Å². The molecule has 0 unspecified atom stereocenters. The normalized spacial score (nSPS) is 10.6. The van der Waals surface area contributed by atoms with E-state index in [-0.39, 0.29) is 17.4 Å². The van der Waals surface area contributed by atoms with Crippen LogP contribution in [0.25, 0.3) is 6.08 Å². The number of carbonyl (C=O) groups excluding carboxylic acids is 2. The van der Waals surface area contributed by atoms with Crippen molar-refractivity contribution < 1.29 is 24.2 Å². The van der Waals surface area contributed by atoms with E-state index in [4.69, 9.17) is 9.84 Å². The summed E-state index contributed by atoms with van der Waals surface area (Å²) in [5.74, 6) is -0.162. The third kappa shape index (κ3) is 6.59. The second-order valence-corrected chi connectivity index (χ2v) is 6.90. The largest absolute Gasteiger partial charge is 0.496 e. The number of methoxy groups -OCH3 is 1. The highest BCUT2D eigenvalue weighted by Crippen LogP contribution is 2.25. The van der Waals surface area contributed by atoms with Crippen molar-refractivity contribution in [3.05, 3.63) is 65.2 Å². The Morgan fingerprint density at radius 3 is 2.46 bits per heavy atom. The minimum absolute atomic E-state index is 0.0181. The summed E-state index contributed by atoms with van der Waals surface area (Å²) in [6, 6.07) is 12.2. The predicted octanol–water partition coefficient (Wildman–Crippen LogP) is 3.87. The molecule has 146 valence electrons. The molecule has 2 rings (SSSR count). The Morgan fingerprint density at radius 1 is 1.14 bits per heavy atom. The molecule has 0 heterocycles. The summed E-state index contributed by atoms with van der Waals surface area (Å²) in [6.07, 6.45) is 3.17. The topological polar surface area (TPSA) is 92.7 Å². The van der Waals surface area contributed by atoms with Gasteiger partial charge in [-0.3, -0.25) is 14.4 Å². The van der Waals surface area contributed by atoms with Gasteiger partial charge in [0, 0.05) is 29.5 Å². The van der Waals surface area contributed by atoms with Crippen molar-refractivity contribution in [2.45, 2.75) is 12.7 Å². The molecule has 2 N–H and O–H groups in total. The summed E-state index contributed by atoms with van der Waals surface area (Å²) in [7, 11) is 1.53. The lowest BCUT2D eigenvalue weighted by Crippen LogP contribution is -2.05. The van der Waals surface area contributed by atoms with E-state index < -0.39 is 5.97 Å². The smallest absolute Gasteiger partial charge is 0.313 e. The van der Waals surface area contributed by atoms with Crippen molar-refractivity contribution in [2.75, 3.05) is 18.2 Å². The molecule has 2 aromatic rings. The van der Waals surface area contributed by atoms with Gasteiger partial charge >= 0.3 is 5.97 Å². The number of benzene rings is 2. The van der Waals surface area contributed by atoms with Crippen LogP contribution < -0.4 is 10.1 Å². The van der Waals surface area contributed by atoms with E-state index in [1.165, 1.54) is 31.9 Å². The maximum atomic E-state index is 12.5. The minimum atomic E-state index is -0.886. The van der Waals surface area contributed by atoms with Crippen LogP contribution in [0.1, 0.15) is 28.4 Å². The lowest BCUT2D eigenvalue weighted by molar-refractivity contribution is -0.133. The number of ether oxygens (including phenoxy) is 1. The summed E-state index contributed by atoms with van der Waals surface area (Å²) in [5.41, 5.74) is 2.79. The van der Waals surface area contributed by atoms with Crippen molar-refractivity contribution in [3.8, 4) is 5.75 Å². The Labute approximate surface area is 167 Å². The number of hydrogen-bond acceptors (Lipinski definition) is 5. The van der Waals surface area contributed by atoms with Crippen LogP contribution in [0.15, 0.2) is 48.5 Å². The van der Waals surface area contributed by atoms with Gasteiger partial charge in [-0.15, -0.1) is 11.8 Å². The molecule has 0 atom stereocenters. The van der Waals surface area contributed by atoms with Crippen LogP contribution in [0, 0.1) is 0 Å². The van der Waals surface area contributed by atoms with Crippen LogP contribution in [0.2, 0.25) is 0 Å². The summed E-state index contributed by atoms with van der Waals surface area (Å²) in [6.45, 7) is 1.44. The number of ketones is 1. The number of carboxylic acid groups (broad SMARTS) is 1. The average molecular weight is 399 g/mol. The third-order valence-corrected chi connectivity index (χ3v) is 4.67. The van der Waals surface area contributed by atoms with Crippen molar-refractivity contribution in [1.29, 1.82) is 0 Å². The second-order valence-electron chi connectivity index (χ2n) is 5.91. The highest BCUT2D eigenvalue weighted by atomic mass is 32.2.